The third-order valence-corrected chi connectivity index (χ3v) is 3.25. The van der Waals surface area contributed by atoms with Gasteiger partial charge in [0.05, 0.1) is 0 Å². The molecule has 5 heteroatoms. The van der Waals surface area contributed by atoms with E-state index in [0.29, 0.717) is 18.7 Å². The van der Waals surface area contributed by atoms with Gasteiger partial charge in [0.25, 0.3) is 0 Å². The van der Waals surface area contributed by atoms with Crippen molar-refractivity contribution in [3.8, 4) is 0 Å². The molecule has 1 aromatic carbocycles. The Hall–Kier alpha value is -1.49. The molecule has 1 aliphatic carbocycles. The molecule has 1 saturated carbocycles. The summed E-state index contributed by atoms with van der Waals surface area (Å²) >= 11 is 0. The molecule has 0 aromatic heterocycles. The molecule has 3 nitrogen and oxygen atoms in total. The minimum Gasteiger partial charge on any atom is -0.355 e. The summed E-state index contributed by atoms with van der Waals surface area (Å²) in [5, 5.41) is 5.92. The molecule has 1 atom stereocenters. The Morgan fingerprint density at radius 3 is 2.74 bits per heavy atom. The Morgan fingerprint density at radius 1 is 1.37 bits per heavy atom. The standard InChI is InChI=1S/C14H18F2N2O/c1-9(12-5-4-11(15)8-13(12)16)17-6-7-18-14(19)10-2-3-10/h4-5,8-10,17H,2-3,6-7H2,1H3,(H,18,19). The molecular weight excluding hydrogens is 250 g/mol. The SMILES string of the molecule is CC(NCCNC(=O)C1CC1)c1ccc(F)cc1F. The molecule has 104 valence electrons. The largest absolute Gasteiger partial charge is 0.355 e. The van der Waals surface area contributed by atoms with Crippen LogP contribution in [-0.4, -0.2) is 19.0 Å². The molecule has 0 saturated heterocycles. The van der Waals surface area contributed by atoms with Crippen LogP contribution in [0.5, 0.6) is 0 Å². The highest BCUT2D eigenvalue weighted by atomic mass is 19.1. The van der Waals surface area contributed by atoms with E-state index in [9.17, 15) is 13.6 Å². The van der Waals surface area contributed by atoms with E-state index in [2.05, 4.69) is 10.6 Å². The van der Waals surface area contributed by atoms with Crippen LogP contribution in [0.3, 0.4) is 0 Å². The normalized spacial score (nSPS) is 16.2. The summed E-state index contributed by atoms with van der Waals surface area (Å²) in [6, 6.07) is 3.33. The molecule has 0 spiro atoms. The highest BCUT2D eigenvalue weighted by Crippen LogP contribution is 2.28. The lowest BCUT2D eigenvalue weighted by Gasteiger charge is -2.15. The summed E-state index contributed by atoms with van der Waals surface area (Å²) in [7, 11) is 0. The Kier molecular flexibility index (Phi) is 4.47. The number of carbonyl (C=O) groups excluding carboxylic acids is 1. The van der Waals surface area contributed by atoms with Gasteiger partial charge in [-0.3, -0.25) is 4.79 Å². The fourth-order valence-corrected chi connectivity index (χ4v) is 1.93. The lowest BCUT2D eigenvalue weighted by atomic mass is 10.1. The van der Waals surface area contributed by atoms with E-state index in [0.717, 1.165) is 18.9 Å². The zero-order valence-electron chi connectivity index (χ0n) is 10.9. The smallest absolute Gasteiger partial charge is 0.223 e. The van der Waals surface area contributed by atoms with Crippen LogP contribution < -0.4 is 10.6 Å². The number of hydrogen-bond donors (Lipinski definition) is 2. The molecule has 19 heavy (non-hydrogen) atoms. The molecule has 1 aliphatic rings. The zero-order chi connectivity index (χ0) is 13.8. The van der Waals surface area contributed by atoms with Gasteiger partial charge in [-0.05, 0) is 25.8 Å². The molecule has 0 heterocycles. The van der Waals surface area contributed by atoms with Crippen molar-refractivity contribution in [3.63, 3.8) is 0 Å². The van der Waals surface area contributed by atoms with E-state index in [1.54, 1.807) is 6.92 Å². The third kappa shape index (κ3) is 3.99. The number of nitrogens with one attached hydrogen (secondary N) is 2. The van der Waals surface area contributed by atoms with Gasteiger partial charge >= 0.3 is 0 Å². The molecule has 1 amide bonds. The van der Waals surface area contributed by atoms with E-state index >= 15 is 0 Å². The summed E-state index contributed by atoms with van der Waals surface area (Å²) in [6.07, 6.45) is 1.97. The van der Waals surface area contributed by atoms with Crippen molar-refractivity contribution in [2.45, 2.75) is 25.8 Å². The average molecular weight is 268 g/mol. The van der Waals surface area contributed by atoms with E-state index in [4.69, 9.17) is 0 Å². The van der Waals surface area contributed by atoms with E-state index < -0.39 is 11.6 Å². The maximum atomic E-state index is 13.5. The van der Waals surface area contributed by atoms with Gasteiger partial charge < -0.3 is 10.6 Å². The summed E-state index contributed by atoms with van der Waals surface area (Å²) in [4.78, 5) is 11.4. The molecule has 2 rings (SSSR count). The maximum absolute atomic E-state index is 13.5. The second-order valence-corrected chi connectivity index (χ2v) is 4.91. The summed E-state index contributed by atoms with van der Waals surface area (Å²) in [6.45, 7) is 2.87. The van der Waals surface area contributed by atoms with Crippen LogP contribution in [0, 0.1) is 17.6 Å². The monoisotopic (exact) mass is 268 g/mol. The minimum atomic E-state index is -0.579. The van der Waals surface area contributed by atoms with Crippen molar-refractivity contribution in [1.82, 2.24) is 10.6 Å². The lowest BCUT2D eigenvalue weighted by molar-refractivity contribution is -0.122. The van der Waals surface area contributed by atoms with Gasteiger partial charge in [0.2, 0.25) is 5.91 Å². The molecule has 1 aromatic rings. The first-order valence-corrected chi connectivity index (χ1v) is 6.54. The molecule has 0 radical (unpaired) electrons. The predicted molar refractivity (Wildman–Crippen MR) is 68.5 cm³/mol. The average Bonchev–Trinajstić information content (AvgIpc) is 3.18. The van der Waals surface area contributed by atoms with Gasteiger partial charge in [0.1, 0.15) is 11.6 Å². The first-order valence-electron chi connectivity index (χ1n) is 6.54. The Balaban J connectivity index is 1.74. The van der Waals surface area contributed by atoms with Crippen LogP contribution in [0.25, 0.3) is 0 Å². The van der Waals surface area contributed by atoms with Gasteiger partial charge in [-0.1, -0.05) is 6.07 Å². The van der Waals surface area contributed by atoms with Gasteiger partial charge in [-0.25, -0.2) is 8.78 Å². The molecule has 0 bridgehead atoms. The van der Waals surface area contributed by atoms with Crippen molar-refractivity contribution in [2.75, 3.05) is 13.1 Å². The topological polar surface area (TPSA) is 41.1 Å². The number of halogens is 2. The number of hydrogen-bond acceptors (Lipinski definition) is 2. The summed E-state index contributed by atoms with van der Waals surface area (Å²) < 4.78 is 26.3. The second kappa shape index (κ2) is 6.10. The van der Waals surface area contributed by atoms with Crippen LogP contribution >= 0.6 is 0 Å². The number of amides is 1. The van der Waals surface area contributed by atoms with Crippen molar-refractivity contribution in [1.29, 1.82) is 0 Å². The van der Waals surface area contributed by atoms with E-state index in [1.165, 1.54) is 12.1 Å². The van der Waals surface area contributed by atoms with Gasteiger partial charge in [0.15, 0.2) is 0 Å². The maximum Gasteiger partial charge on any atom is 0.223 e. The minimum absolute atomic E-state index is 0.0995. The third-order valence-electron chi connectivity index (χ3n) is 3.25. The van der Waals surface area contributed by atoms with Crippen LogP contribution in [-0.2, 0) is 4.79 Å². The summed E-state index contributed by atoms with van der Waals surface area (Å²) in [5.74, 6) is -0.832. The number of benzene rings is 1. The van der Waals surface area contributed by atoms with Crippen molar-refractivity contribution in [2.24, 2.45) is 5.92 Å². The van der Waals surface area contributed by atoms with Gasteiger partial charge in [-0.15, -0.1) is 0 Å². The van der Waals surface area contributed by atoms with Crippen molar-refractivity contribution >= 4 is 5.91 Å². The van der Waals surface area contributed by atoms with Gasteiger partial charge in [0, 0.05) is 36.7 Å². The molecule has 0 aliphatic heterocycles. The quantitative estimate of drug-likeness (QED) is 0.776. The van der Waals surface area contributed by atoms with Gasteiger partial charge in [-0.2, -0.15) is 0 Å². The lowest BCUT2D eigenvalue weighted by Crippen LogP contribution is -2.33. The highest BCUT2D eigenvalue weighted by molar-refractivity contribution is 5.80. The highest BCUT2D eigenvalue weighted by Gasteiger charge is 2.28. The number of rotatable bonds is 6. The Morgan fingerprint density at radius 2 is 2.11 bits per heavy atom. The molecular formula is C14H18F2N2O. The van der Waals surface area contributed by atoms with Crippen LogP contribution in [0.15, 0.2) is 18.2 Å². The fourth-order valence-electron chi connectivity index (χ4n) is 1.93. The fraction of sp³-hybridized carbons (Fsp3) is 0.500. The Bertz CT molecular complexity index is 461. The molecule has 1 fully saturated rings. The number of carbonyl (C=O) groups is 1. The van der Waals surface area contributed by atoms with E-state index in [-0.39, 0.29) is 17.9 Å². The first kappa shape index (κ1) is 13.9. The zero-order valence-corrected chi connectivity index (χ0v) is 10.9. The van der Waals surface area contributed by atoms with Crippen molar-refractivity contribution in [3.05, 3.63) is 35.4 Å². The van der Waals surface area contributed by atoms with Crippen molar-refractivity contribution < 1.29 is 13.6 Å². The molecule has 1 unspecified atom stereocenters. The van der Waals surface area contributed by atoms with E-state index in [1.807, 2.05) is 0 Å². The predicted octanol–water partition coefficient (Wildman–Crippen LogP) is 2.14. The second-order valence-electron chi connectivity index (χ2n) is 4.91. The Labute approximate surface area is 111 Å². The van der Waals surface area contributed by atoms with Crippen LogP contribution in [0.4, 0.5) is 8.78 Å². The van der Waals surface area contributed by atoms with Crippen LogP contribution in [0.1, 0.15) is 31.4 Å². The first-order chi connectivity index (χ1) is 9.08. The molecule has 2 N–H and O–H groups in total. The summed E-state index contributed by atoms with van der Waals surface area (Å²) in [5.41, 5.74) is 0.426. The van der Waals surface area contributed by atoms with Crippen LogP contribution in [0.2, 0.25) is 0 Å².